The van der Waals surface area contributed by atoms with Crippen molar-refractivity contribution in [2.75, 3.05) is 58.2 Å². The summed E-state index contributed by atoms with van der Waals surface area (Å²) in [6.07, 6.45) is 5.79. The lowest BCUT2D eigenvalue weighted by Gasteiger charge is -2.34. The number of rotatable bonds is 7. The Kier molecular flexibility index (Phi) is 7.55. The molecular weight excluding hydrogens is 444 g/mol. The van der Waals surface area contributed by atoms with Crippen molar-refractivity contribution in [1.29, 1.82) is 0 Å². The number of benzene rings is 1. The second kappa shape index (κ2) is 10.4. The van der Waals surface area contributed by atoms with Crippen LogP contribution in [0.1, 0.15) is 38.5 Å². The number of nitrogens with zero attached hydrogens (tertiary/aromatic N) is 3. The molecule has 9 nitrogen and oxygen atoms in total. The second-order valence-electron chi connectivity index (χ2n) is 9.10. The van der Waals surface area contributed by atoms with E-state index in [1.165, 1.54) is 23.5 Å². The summed E-state index contributed by atoms with van der Waals surface area (Å²) >= 11 is 0. The van der Waals surface area contributed by atoms with E-state index in [9.17, 15) is 18.0 Å². The first-order chi connectivity index (χ1) is 15.9. The Bertz CT molecular complexity index is 963. The number of carbonyl (C=O) groups excluding carboxylic acids is 2. The lowest BCUT2D eigenvalue weighted by molar-refractivity contribution is -0.134. The number of sulfonamides is 1. The highest BCUT2D eigenvalue weighted by Gasteiger charge is 2.34. The summed E-state index contributed by atoms with van der Waals surface area (Å²) in [6.45, 7) is 3.78. The Morgan fingerprint density at radius 1 is 1.00 bits per heavy atom. The molecule has 0 bridgehead atoms. The van der Waals surface area contributed by atoms with Crippen molar-refractivity contribution in [1.82, 2.24) is 14.1 Å². The average Bonchev–Trinajstić information content (AvgIpc) is 3.66. The van der Waals surface area contributed by atoms with Gasteiger partial charge in [0.1, 0.15) is 5.75 Å². The van der Waals surface area contributed by atoms with Crippen molar-refractivity contribution in [2.45, 2.75) is 43.4 Å². The topological polar surface area (TPSA) is 99.3 Å². The fraction of sp³-hybridized carbons (Fsp3) is 0.652. The molecule has 0 radical (unpaired) electrons. The Hall–Kier alpha value is -2.17. The van der Waals surface area contributed by atoms with Crippen molar-refractivity contribution in [3.05, 3.63) is 18.2 Å². The van der Waals surface area contributed by atoms with Gasteiger partial charge in [-0.05, 0) is 43.9 Å². The number of hydrogen-bond acceptors (Lipinski definition) is 6. The van der Waals surface area contributed by atoms with Gasteiger partial charge < -0.3 is 15.0 Å². The van der Waals surface area contributed by atoms with Gasteiger partial charge in [0, 0.05) is 45.2 Å². The number of hydrogen-bond donors (Lipinski definition) is 1. The summed E-state index contributed by atoms with van der Waals surface area (Å²) in [7, 11) is -2.14. The van der Waals surface area contributed by atoms with E-state index in [2.05, 4.69) is 5.32 Å². The van der Waals surface area contributed by atoms with Crippen molar-refractivity contribution in [3.63, 3.8) is 0 Å². The quantitative estimate of drug-likeness (QED) is 0.641. The molecule has 1 saturated carbocycles. The van der Waals surface area contributed by atoms with Gasteiger partial charge in [-0.1, -0.05) is 12.8 Å². The van der Waals surface area contributed by atoms with Gasteiger partial charge in [0.15, 0.2) is 0 Å². The van der Waals surface area contributed by atoms with Crippen molar-refractivity contribution in [2.24, 2.45) is 5.92 Å². The molecule has 33 heavy (non-hydrogen) atoms. The van der Waals surface area contributed by atoms with Crippen LogP contribution in [0.15, 0.2) is 23.1 Å². The molecule has 2 saturated heterocycles. The molecule has 3 aliphatic rings. The molecule has 10 heteroatoms. The molecule has 0 aromatic heterocycles. The van der Waals surface area contributed by atoms with E-state index in [-0.39, 0.29) is 29.2 Å². The number of ether oxygens (including phenoxy) is 1. The molecule has 0 unspecified atom stereocenters. The highest BCUT2D eigenvalue weighted by Crippen LogP contribution is 2.32. The number of anilines is 1. The summed E-state index contributed by atoms with van der Waals surface area (Å²) in [6, 6.07) is 4.61. The average molecular weight is 479 g/mol. The van der Waals surface area contributed by atoms with Crippen molar-refractivity contribution < 1.29 is 22.7 Å². The van der Waals surface area contributed by atoms with Gasteiger partial charge in [0.2, 0.25) is 21.8 Å². The predicted molar refractivity (Wildman–Crippen MR) is 125 cm³/mol. The number of carbonyl (C=O) groups is 2. The number of nitrogens with one attached hydrogen (secondary N) is 1. The van der Waals surface area contributed by atoms with E-state index >= 15 is 0 Å². The van der Waals surface area contributed by atoms with Crippen LogP contribution in [0.5, 0.6) is 5.75 Å². The Morgan fingerprint density at radius 2 is 1.67 bits per heavy atom. The summed E-state index contributed by atoms with van der Waals surface area (Å²) in [4.78, 5) is 29.0. The SMILES string of the molecule is COc1ccc(S(=O)(=O)N2CCCCCC2)cc1NC(=O)CN1CCN(C(=O)C2CC2)CC1. The lowest BCUT2D eigenvalue weighted by Crippen LogP contribution is -2.50. The molecule has 182 valence electrons. The van der Waals surface area contributed by atoms with E-state index in [4.69, 9.17) is 4.74 Å². The summed E-state index contributed by atoms with van der Waals surface area (Å²) in [5, 5.41) is 2.83. The van der Waals surface area contributed by atoms with Crippen LogP contribution >= 0.6 is 0 Å². The van der Waals surface area contributed by atoms with E-state index in [1.807, 2.05) is 9.80 Å². The predicted octanol–water partition coefficient (Wildman–Crippen LogP) is 1.75. The maximum Gasteiger partial charge on any atom is 0.243 e. The minimum absolute atomic E-state index is 0.160. The van der Waals surface area contributed by atoms with Crippen LogP contribution in [0, 0.1) is 5.92 Å². The molecule has 2 heterocycles. The number of piperazine rings is 1. The summed E-state index contributed by atoms with van der Waals surface area (Å²) < 4.78 is 33.2. The number of methoxy groups -OCH3 is 1. The molecule has 0 spiro atoms. The second-order valence-corrected chi connectivity index (χ2v) is 11.0. The molecular formula is C23H34N4O5S. The van der Waals surface area contributed by atoms with E-state index in [1.54, 1.807) is 6.07 Å². The van der Waals surface area contributed by atoms with Crippen LogP contribution in [-0.4, -0.2) is 87.3 Å². The zero-order valence-corrected chi connectivity index (χ0v) is 20.1. The van der Waals surface area contributed by atoms with Crippen LogP contribution in [0.4, 0.5) is 5.69 Å². The van der Waals surface area contributed by atoms with Crippen molar-refractivity contribution >= 4 is 27.5 Å². The third-order valence-electron chi connectivity index (χ3n) is 6.63. The maximum atomic E-state index is 13.2. The zero-order valence-electron chi connectivity index (χ0n) is 19.3. The van der Waals surface area contributed by atoms with Crippen LogP contribution in [0.2, 0.25) is 0 Å². The largest absolute Gasteiger partial charge is 0.495 e. The molecule has 2 aliphatic heterocycles. The van der Waals surface area contributed by atoms with Crippen molar-refractivity contribution in [3.8, 4) is 5.75 Å². The molecule has 1 aliphatic carbocycles. The van der Waals surface area contributed by atoms with Gasteiger partial charge in [0.25, 0.3) is 0 Å². The molecule has 0 atom stereocenters. The van der Waals surface area contributed by atoms with E-state index in [0.717, 1.165) is 38.5 Å². The van der Waals surface area contributed by atoms with Gasteiger partial charge in [-0.25, -0.2) is 8.42 Å². The van der Waals surface area contributed by atoms with Crippen LogP contribution in [-0.2, 0) is 19.6 Å². The van der Waals surface area contributed by atoms with Gasteiger partial charge in [0.05, 0.1) is 24.2 Å². The van der Waals surface area contributed by atoms with Crippen LogP contribution < -0.4 is 10.1 Å². The first-order valence-corrected chi connectivity index (χ1v) is 13.3. The van der Waals surface area contributed by atoms with Gasteiger partial charge in [-0.15, -0.1) is 0 Å². The minimum atomic E-state index is -3.63. The Morgan fingerprint density at radius 3 is 2.27 bits per heavy atom. The highest BCUT2D eigenvalue weighted by molar-refractivity contribution is 7.89. The smallest absolute Gasteiger partial charge is 0.243 e. The molecule has 3 fully saturated rings. The molecule has 1 aromatic rings. The zero-order chi connectivity index (χ0) is 23.4. The van der Waals surface area contributed by atoms with Crippen LogP contribution in [0.3, 0.4) is 0 Å². The maximum absolute atomic E-state index is 13.2. The third-order valence-corrected chi connectivity index (χ3v) is 8.52. The lowest BCUT2D eigenvalue weighted by atomic mass is 10.2. The standard InChI is InChI=1S/C23H34N4O5S/c1-32-21-9-8-19(33(30,31)27-10-4-2-3-5-11-27)16-20(21)24-22(28)17-25-12-14-26(15-13-25)23(29)18-6-7-18/h8-9,16,18H,2-7,10-15,17H2,1H3,(H,24,28). The minimum Gasteiger partial charge on any atom is -0.495 e. The van der Waals surface area contributed by atoms with Crippen LogP contribution in [0.25, 0.3) is 0 Å². The van der Waals surface area contributed by atoms with Gasteiger partial charge in [-0.2, -0.15) is 4.31 Å². The monoisotopic (exact) mass is 478 g/mol. The molecule has 4 rings (SSSR count). The van der Waals surface area contributed by atoms with Gasteiger partial charge >= 0.3 is 0 Å². The van der Waals surface area contributed by atoms with E-state index < -0.39 is 10.0 Å². The fourth-order valence-corrected chi connectivity index (χ4v) is 6.03. The third kappa shape index (κ3) is 5.85. The normalized spacial score (nSPS) is 20.8. The Balaban J connectivity index is 1.38. The highest BCUT2D eigenvalue weighted by atomic mass is 32.2. The molecule has 2 amide bonds. The number of amides is 2. The Labute approximate surface area is 196 Å². The van der Waals surface area contributed by atoms with Gasteiger partial charge in [-0.3, -0.25) is 14.5 Å². The summed E-state index contributed by atoms with van der Waals surface area (Å²) in [5.74, 6) is 0.633. The summed E-state index contributed by atoms with van der Waals surface area (Å²) in [5.41, 5.74) is 0.348. The fourth-order valence-electron chi connectivity index (χ4n) is 4.48. The molecule has 1 aromatic carbocycles. The first kappa shape index (κ1) is 24.0. The van der Waals surface area contributed by atoms with E-state index in [0.29, 0.717) is 50.7 Å². The first-order valence-electron chi connectivity index (χ1n) is 11.9. The molecule has 1 N–H and O–H groups in total.